The Morgan fingerprint density at radius 3 is 2.32 bits per heavy atom. The second-order valence-electron chi connectivity index (χ2n) is 5.59. The first-order chi connectivity index (χ1) is 11.8. The predicted molar refractivity (Wildman–Crippen MR) is 106 cm³/mol. The van der Waals surface area contributed by atoms with Crippen LogP contribution in [0.15, 0.2) is 39.3 Å². The zero-order chi connectivity index (χ0) is 18.6. The van der Waals surface area contributed by atoms with Gasteiger partial charge in [0, 0.05) is 12.2 Å². The Morgan fingerprint density at radius 1 is 1.12 bits per heavy atom. The van der Waals surface area contributed by atoms with E-state index in [9.17, 15) is 9.67 Å². The van der Waals surface area contributed by atoms with Crippen LogP contribution in [0.2, 0.25) is 0 Å². The molecule has 0 aliphatic carbocycles. The summed E-state index contributed by atoms with van der Waals surface area (Å²) in [7, 11) is -2.03. The van der Waals surface area contributed by atoms with E-state index in [1.165, 1.54) is 6.66 Å². The summed E-state index contributed by atoms with van der Waals surface area (Å²) in [6.07, 6.45) is 0. The van der Waals surface area contributed by atoms with Gasteiger partial charge in [0.05, 0.1) is 8.95 Å². The molecule has 136 valence electrons. The van der Waals surface area contributed by atoms with Crippen molar-refractivity contribution in [1.82, 2.24) is 0 Å². The third-order valence-corrected chi connectivity index (χ3v) is 5.00. The number of hydrogen-bond donors (Lipinski definition) is 1. The monoisotopic (exact) mass is 492 g/mol. The molecule has 0 saturated carbocycles. The van der Waals surface area contributed by atoms with Gasteiger partial charge in [0.1, 0.15) is 17.2 Å². The zero-order valence-electron chi connectivity index (χ0n) is 14.0. The topological polar surface area (TPSA) is 65.0 Å². The summed E-state index contributed by atoms with van der Waals surface area (Å²) in [5.74, 6) is 2.17. The molecule has 25 heavy (non-hydrogen) atoms. The van der Waals surface area contributed by atoms with Gasteiger partial charge in [-0.25, -0.2) is 0 Å². The molecule has 0 saturated heterocycles. The van der Waals surface area contributed by atoms with Crippen LogP contribution in [0.5, 0.6) is 23.0 Å². The fourth-order valence-electron chi connectivity index (χ4n) is 2.07. The number of ether oxygens (including phenoxy) is 2. The minimum absolute atomic E-state index is 0.0803. The molecule has 0 amide bonds. The molecule has 0 aliphatic rings. The maximum Gasteiger partial charge on any atom is 0.195 e. The van der Waals surface area contributed by atoms with Gasteiger partial charge in [-0.2, -0.15) is 0 Å². The van der Waals surface area contributed by atoms with Crippen LogP contribution in [0.1, 0.15) is 25.3 Å². The van der Waals surface area contributed by atoms with Crippen molar-refractivity contribution in [2.45, 2.75) is 19.8 Å². The zero-order valence-corrected chi connectivity index (χ0v) is 18.2. The normalized spacial score (nSPS) is 12.2. The molecule has 0 fully saturated rings. The number of aromatic hydroxyl groups is 1. The molecule has 0 spiro atoms. The Hall–Kier alpha value is -1.01. The van der Waals surface area contributed by atoms with Crippen LogP contribution < -0.4 is 9.47 Å². The molecule has 8 heteroatoms. The second-order valence-corrected chi connectivity index (χ2v) is 8.57. The number of benzene rings is 2. The van der Waals surface area contributed by atoms with Crippen molar-refractivity contribution in [3.05, 3.63) is 44.8 Å². The third-order valence-electron chi connectivity index (χ3n) is 3.30. The molecule has 0 aliphatic heterocycles. The lowest BCUT2D eigenvalue weighted by Gasteiger charge is -2.15. The molecular formula is C17H19Br2O5P. The minimum Gasteiger partial charge on any atom is -0.508 e. The Labute approximate surface area is 164 Å². The fourth-order valence-corrected chi connectivity index (χ4v) is 3.61. The third kappa shape index (κ3) is 5.74. The molecule has 5 nitrogen and oxygen atoms in total. The van der Waals surface area contributed by atoms with E-state index < -0.39 is 8.03 Å². The van der Waals surface area contributed by atoms with Gasteiger partial charge in [0.25, 0.3) is 0 Å². The summed E-state index contributed by atoms with van der Waals surface area (Å²) < 4.78 is 28.6. The standard InChI is InChI=1S/C17H19Br2O5P/c1-10(2)13-6-11(4-5-16(13)20)24-17-14(18)7-12(8-15(17)19)22-9-23-25(3)21/h4-8,10,20,25H,9H2,1-3H3. The van der Waals surface area contributed by atoms with E-state index >= 15 is 0 Å². The highest BCUT2D eigenvalue weighted by atomic mass is 79.9. The van der Waals surface area contributed by atoms with E-state index in [1.54, 1.807) is 24.3 Å². The molecule has 2 aromatic rings. The second kappa shape index (κ2) is 9.08. The number of phenols is 1. The summed E-state index contributed by atoms with van der Waals surface area (Å²) in [6, 6.07) is 8.61. The van der Waals surface area contributed by atoms with E-state index in [-0.39, 0.29) is 18.5 Å². The van der Waals surface area contributed by atoms with Gasteiger partial charge in [-0.1, -0.05) is 13.8 Å². The van der Waals surface area contributed by atoms with E-state index in [4.69, 9.17) is 14.0 Å². The summed E-state index contributed by atoms with van der Waals surface area (Å²) >= 11 is 6.92. The van der Waals surface area contributed by atoms with Crippen LogP contribution in [-0.4, -0.2) is 18.6 Å². The van der Waals surface area contributed by atoms with Gasteiger partial charge < -0.3 is 14.6 Å². The van der Waals surface area contributed by atoms with Crippen molar-refractivity contribution in [3.63, 3.8) is 0 Å². The lowest BCUT2D eigenvalue weighted by molar-refractivity contribution is 0.129. The Kier molecular flexibility index (Phi) is 7.37. The molecule has 2 aromatic carbocycles. The SMILES string of the molecule is CC(C)c1cc(Oc2c(Br)cc(OCO[PH](C)=O)cc2Br)ccc1O. The van der Waals surface area contributed by atoms with Gasteiger partial charge >= 0.3 is 0 Å². The molecule has 0 aromatic heterocycles. The Morgan fingerprint density at radius 2 is 1.76 bits per heavy atom. The summed E-state index contributed by atoms with van der Waals surface area (Å²) in [5, 5.41) is 9.92. The summed E-state index contributed by atoms with van der Waals surface area (Å²) in [4.78, 5) is 0. The summed E-state index contributed by atoms with van der Waals surface area (Å²) in [5.41, 5.74) is 0.816. The maximum atomic E-state index is 11.0. The Bertz CT molecular complexity index is 757. The molecule has 0 heterocycles. The molecule has 0 radical (unpaired) electrons. The van der Waals surface area contributed by atoms with Gasteiger partial charge in [-0.3, -0.25) is 9.09 Å². The highest BCUT2D eigenvalue weighted by Crippen LogP contribution is 2.41. The van der Waals surface area contributed by atoms with Gasteiger partial charge in [-0.05, 0) is 68.1 Å². The Balaban J connectivity index is 2.20. The lowest BCUT2D eigenvalue weighted by atomic mass is 10.0. The molecule has 0 bridgehead atoms. The van der Waals surface area contributed by atoms with E-state index in [0.29, 0.717) is 26.2 Å². The van der Waals surface area contributed by atoms with Crippen molar-refractivity contribution < 1.29 is 23.7 Å². The van der Waals surface area contributed by atoms with Crippen LogP contribution in [0.25, 0.3) is 0 Å². The van der Waals surface area contributed by atoms with Crippen LogP contribution in [0.4, 0.5) is 0 Å². The quantitative estimate of drug-likeness (QED) is 0.362. The molecule has 1 unspecified atom stereocenters. The first-order valence-electron chi connectivity index (χ1n) is 7.54. The van der Waals surface area contributed by atoms with E-state index in [2.05, 4.69) is 31.9 Å². The van der Waals surface area contributed by atoms with Crippen molar-refractivity contribution >= 4 is 39.9 Å². The lowest BCUT2D eigenvalue weighted by Crippen LogP contribution is -1.98. The molecule has 1 N–H and O–H groups in total. The van der Waals surface area contributed by atoms with Crippen LogP contribution in [-0.2, 0) is 9.09 Å². The van der Waals surface area contributed by atoms with Gasteiger partial charge in [0.2, 0.25) is 0 Å². The average Bonchev–Trinajstić information content (AvgIpc) is 2.51. The van der Waals surface area contributed by atoms with Crippen LogP contribution in [0, 0.1) is 0 Å². The highest BCUT2D eigenvalue weighted by molar-refractivity contribution is 9.11. The first kappa shape index (κ1) is 20.3. The van der Waals surface area contributed by atoms with Gasteiger partial charge in [-0.15, -0.1) is 0 Å². The van der Waals surface area contributed by atoms with Crippen LogP contribution >= 0.6 is 39.9 Å². The molecular weight excluding hydrogens is 475 g/mol. The minimum atomic E-state index is -2.03. The van der Waals surface area contributed by atoms with Crippen molar-refractivity contribution in [2.75, 3.05) is 13.5 Å². The van der Waals surface area contributed by atoms with E-state index in [0.717, 1.165) is 5.56 Å². The van der Waals surface area contributed by atoms with Crippen LogP contribution in [0.3, 0.4) is 0 Å². The van der Waals surface area contributed by atoms with Gasteiger partial charge in [0.15, 0.2) is 20.6 Å². The number of rotatable bonds is 7. The van der Waals surface area contributed by atoms with E-state index in [1.807, 2.05) is 19.9 Å². The number of phenolic OH excluding ortho intramolecular Hbond substituents is 1. The largest absolute Gasteiger partial charge is 0.508 e. The summed E-state index contributed by atoms with van der Waals surface area (Å²) in [6.45, 7) is 5.43. The number of halogens is 2. The maximum absolute atomic E-state index is 11.0. The molecule has 2 rings (SSSR count). The van der Waals surface area contributed by atoms with Crippen molar-refractivity contribution in [3.8, 4) is 23.0 Å². The smallest absolute Gasteiger partial charge is 0.195 e. The number of hydrogen-bond acceptors (Lipinski definition) is 5. The average molecular weight is 494 g/mol. The highest BCUT2D eigenvalue weighted by Gasteiger charge is 2.13. The molecule has 1 atom stereocenters. The van der Waals surface area contributed by atoms with Crippen molar-refractivity contribution in [2.24, 2.45) is 0 Å². The predicted octanol–water partition coefficient (Wildman–Crippen LogP) is 6.29. The fraction of sp³-hybridized carbons (Fsp3) is 0.294. The van der Waals surface area contributed by atoms with Crippen molar-refractivity contribution in [1.29, 1.82) is 0 Å². The first-order valence-corrected chi connectivity index (χ1v) is 10.9.